The van der Waals surface area contributed by atoms with Gasteiger partial charge in [-0.25, -0.2) is 0 Å². The van der Waals surface area contributed by atoms with Gasteiger partial charge in [0.1, 0.15) is 16.9 Å². The first-order valence-electron chi connectivity index (χ1n) is 18.3. The number of nitrogens with zero attached hydrogens (tertiary/aromatic N) is 4. The quantitative estimate of drug-likeness (QED) is 0.130. The van der Waals surface area contributed by atoms with Gasteiger partial charge in [-0.15, -0.1) is 59.3 Å². The van der Waals surface area contributed by atoms with Crippen molar-refractivity contribution in [1.82, 2.24) is 19.1 Å². The van der Waals surface area contributed by atoms with Crippen molar-refractivity contribution in [3.05, 3.63) is 225 Å². The van der Waals surface area contributed by atoms with Crippen LogP contribution in [0.15, 0.2) is 179 Å². The largest absolute Gasteiger partial charge is 2.00 e. The summed E-state index contributed by atoms with van der Waals surface area (Å²) in [5.41, 5.74) is 5.40. The van der Waals surface area contributed by atoms with Crippen LogP contribution in [0.2, 0.25) is 0 Å². The third-order valence-corrected chi connectivity index (χ3v) is 10.9. The molecular formula is C49H28N4O3Pt. The summed E-state index contributed by atoms with van der Waals surface area (Å²) in [5, 5.41) is 2.35. The predicted octanol–water partition coefficient (Wildman–Crippen LogP) is 9.48. The van der Waals surface area contributed by atoms with Gasteiger partial charge in [0.25, 0.3) is 0 Å². The van der Waals surface area contributed by atoms with Gasteiger partial charge in [-0.2, -0.15) is 0 Å². The molecule has 8 heteroatoms. The first kappa shape index (κ1) is 34.5. The Kier molecular flexibility index (Phi) is 8.10. The van der Waals surface area contributed by atoms with Gasteiger partial charge in [-0.1, -0.05) is 84.9 Å². The number of rotatable bonds is 4. The van der Waals surface area contributed by atoms with Crippen molar-refractivity contribution in [1.29, 1.82) is 0 Å². The number of ether oxygens (including phenoxy) is 1. The number of aromatic nitrogens is 4. The van der Waals surface area contributed by atoms with Crippen molar-refractivity contribution >= 4 is 43.6 Å². The van der Waals surface area contributed by atoms with Crippen LogP contribution in [0, 0.1) is 12.1 Å². The Hall–Kier alpha value is -6.95. The zero-order valence-electron chi connectivity index (χ0n) is 30.0. The van der Waals surface area contributed by atoms with Crippen LogP contribution in [-0.2, 0) is 26.5 Å². The molecule has 1 aliphatic rings. The molecule has 0 saturated heterocycles. The molecule has 272 valence electrons. The number of hydrogen-bond donors (Lipinski definition) is 0. The molecule has 0 bridgehead atoms. The number of pyridine rings is 4. The van der Waals surface area contributed by atoms with Crippen LogP contribution in [0.5, 0.6) is 11.5 Å². The maximum atomic E-state index is 14.5. The molecular weight excluding hydrogens is 888 g/mol. The summed E-state index contributed by atoms with van der Waals surface area (Å²) in [4.78, 5) is 39.8. The molecule has 0 radical (unpaired) electrons. The second-order valence-corrected chi connectivity index (χ2v) is 13.8. The molecule has 0 atom stereocenters. The Labute approximate surface area is 340 Å². The van der Waals surface area contributed by atoms with E-state index in [-0.39, 0.29) is 32.2 Å². The molecule has 11 rings (SSSR count). The predicted molar refractivity (Wildman–Crippen MR) is 219 cm³/mol. The second-order valence-electron chi connectivity index (χ2n) is 13.8. The average molecular weight is 916 g/mol. The van der Waals surface area contributed by atoms with Crippen molar-refractivity contribution in [2.45, 2.75) is 5.41 Å². The summed E-state index contributed by atoms with van der Waals surface area (Å²) in [6, 6.07) is 60.8. The molecule has 1 aliphatic heterocycles. The summed E-state index contributed by atoms with van der Waals surface area (Å²) in [5.74, 6) is 1.31. The van der Waals surface area contributed by atoms with Crippen LogP contribution in [-0.4, -0.2) is 19.1 Å². The standard InChI is InChI=1S/C49H28N4O3.Pt/c54-47-35-27-29-43(50-45(35)33-19-7-11-23-39(33)52(47)31-15-3-1-4-16-31)49(37-21-9-13-25-41(37)56-42-26-14-10-22-38(42)49)44-30-28-36-46(51-44)34-20-8-12-24-40(34)53(48(36)55)32-17-5-2-6-18-32;/h1-18,21-30H;/q-2;+2. The van der Waals surface area contributed by atoms with Crippen LogP contribution in [0.3, 0.4) is 0 Å². The summed E-state index contributed by atoms with van der Waals surface area (Å²) >= 11 is 0. The minimum absolute atomic E-state index is 0. The van der Waals surface area contributed by atoms with Gasteiger partial charge in [0.15, 0.2) is 0 Å². The van der Waals surface area contributed by atoms with E-state index < -0.39 is 5.41 Å². The van der Waals surface area contributed by atoms with Crippen LogP contribution in [0.1, 0.15) is 22.5 Å². The summed E-state index contributed by atoms with van der Waals surface area (Å²) in [6.45, 7) is 0. The maximum absolute atomic E-state index is 14.5. The molecule has 0 spiro atoms. The molecule has 0 fully saturated rings. The molecule has 0 saturated carbocycles. The van der Waals surface area contributed by atoms with Gasteiger partial charge in [0.05, 0.1) is 11.4 Å². The Bertz CT molecular complexity index is 3120. The van der Waals surface area contributed by atoms with Crippen LogP contribution < -0.4 is 15.9 Å². The molecule has 4 aromatic heterocycles. The molecule has 0 aliphatic carbocycles. The van der Waals surface area contributed by atoms with Gasteiger partial charge in [0, 0.05) is 44.3 Å². The van der Waals surface area contributed by atoms with E-state index in [2.05, 4.69) is 12.1 Å². The molecule has 5 heterocycles. The first-order valence-corrected chi connectivity index (χ1v) is 18.3. The van der Waals surface area contributed by atoms with Gasteiger partial charge >= 0.3 is 21.1 Å². The summed E-state index contributed by atoms with van der Waals surface area (Å²) in [6.07, 6.45) is 0. The van der Waals surface area contributed by atoms with E-state index >= 15 is 0 Å². The zero-order valence-corrected chi connectivity index (χ0v) is 32.3. The van der Waals surface area contributed by atoms with Crippen molar-refractivity contribution in [2.75, 3.05) is 0 Å². The van der Waals surface area contributed by atoms with E-state index in [0.29, 0.717) is 66.5 Å². The summed E-state index contributed by atoms with van der Waals surface area (Å²) < 4.78 is 10.0. The zero-order chi connectivity index (χ0) is 37.4. The van der Waals surface area contributed by atoms with Crippen molar-refractivity contribution in [2.24, 2.45) is 0 Å². The maximum Gasteiger partial charge on any atom is 2.00 e. The minimum Gasteiger partial charge on any atom is -0.457 e. The first-order chi connectivity index (χ1) is 27.6. The van der Waals surface area contributed by atoms with E-state index in [9.17, 15) is 9.59 Å². The summed E-state index contributed by atoms with van der Waals surface area (Å²) in [7, 11) is 0. The normalized spacial score (nSPS) is 12.8. The average Bonchev–Trinajstić information content (AvgIpc) is 3.26. The molecule has 6 aromatic carbocycles. The Morgan fingerprint density at radius 1 is 0.474 bits per heavy atom. The van der Waals surface area contributed by atoms with Crippen LogP contribution >= 0.6 is 0 Å². The molecule has 7 nitrogen and oxygen atoms in total. The number of para-hydroxylation sites is 4. The van der Waals surface area contributed by atoms with Gasteiger partial charge in [-0.05, 0) is 59.6 Å². The molecule has 57 heavy (non-hydrogen) atoms. The fourth-order valence-electron chi connectivity index (χ4n) is 8.47. The third kappa shape index (κ3) is 5.02. The van der Waals surface area contributed by atoms with E-state index in [1.807, 2.05) is 170 Å². The van der Waals surface area contributed by atoms with E-state index in [4.69, 9.17) is 14.7 Å². The van der Waals surface area contributed by atoms with E-state index in [0.717, 1.165) is 22.5 Å². The minimum atomic E-state index is -1.14. The Morgan fingerprint density at radius 2 is 0.895 bits per heavy atom. The molecule has 0 amide bonds. The van der Waals surface area contributed by atoms with Gasteiger partial charge in [-0.3, -0.25) is 19.6 Å². The van der Waals surface area contributed by atoms with Crippen molar-refractivity contribution in [3.8, 4) is 22.9 Å². The number of hydrogen-bond acceptors (Lipinski definition) is 5. The van der Waals surface area contributed by atoms with Gasteiger partial charge < -0.3 is 13.9 Å². The van der Waals surface area contributed by atoms with Crippen molar-refractivity contribution < 1.29 is 25.8 Å². The van der Waals surface area contributed by atoms with Crippen LogP contribution in [0.25, 0.3) is 55.0 Å². The second kappa shape index (κ2) is 13.4. The fraction of sp³-hybridized carbons (Fsp3) is 0.0204. The Balaban J connectivity index is 0.00000396. The molecule has 0 unspecified atom stereocenters. The third-order valence-electron chi connectivity index (χ3n) is 10.9. The van der Waals surface area contributed by atoms with Crippen LogP contribution in [0.4, 0.5) is 0 Å². The van der Waals surface area contributed by atoms with Crippen molar-refractivity contribution in [3.63, 3.8) is 0 Å². The Morgan fingerprint density at radius 3 is 1.35 bits per heavy atom. The molecule has 10 aromatic rings. The topological polar surface area (TPSA) is 79.0 Å². The number of benzene rings is 6. The smallest absolute Gasteiger partial charge is 0.457 e. The van der Waals surface area contributed by atoms with E-state index in [1.165, 1.54) is 0 Å². The SMILES string of the molecule is O=c1c2ccc(C3(c4ccc5c(=O)n(-c6ccccc6)c6ccc[c-]c6c5n4)c4ccccc4Oc4ccccc43)nc2c2[c-]cccc2n1-c1ccccc1.[Pt+2]. The molecule has 0 N–H and O–H groups in total. The number of fused-ring (bicyclic) bond motifs is 8. The van der Waals surface area contributed by atoms with Gasteiger partial charge in [0.2, 0.25) is 11.1 Å². The fourth-order valence-corrected chi connectivity index (χ4v) is 8.47. The van der Waals surface area contributed by atoms with E-state index in [1.54, 1.807) is 9.13 Å². The monoisotopic (exact) mass is 915 g/mol.